The first kappa shape index (κ1) is 16.7. The average molecular weight is 310 g/mol. The molecule has 22 heavy (non-hydrogen) atoms. The molecule has 1 aromatic carbocycles. The monoisotopic (exact) mass is 310 g/mol. The van der Waals surface area contributed by atoms with Gasteiger partial charge in [-0.3, -0.25) is 4.79 Å². The first-order valence-electron chi connectivity index (χ1n) is 7.42. The van der Waals surface area contributed by atoms with Gasteiger partial charge in [-0.1, -0.05) is 6.07 Å². The molecule has 0 unspecified atom stereocenters. The summed E-state index contributed by atoms with van der Waals surface area (Å²) >= 11 is 0. The number of benzene rings is 1. The van der Waals surface area contributed by atoms with Crippen LogP contribution in [0.1, 0.15) is 18.4 Å². The molecular formula is C16H23FN2O3. The number of amides is 1. The molecule has 0 saturated carbocycles. The molecule has 0 aliphatic carbocycles. The number of hydrogen-bond acceptors (Lipinski definition) is 4. The molecule has 2 N–H and O–H groups in total. The number of carbonyl (C=O) groups is 1. The number of piperidine rings is 1. The highest BCUT2D eigenvalue weighted by Crippen LogP contribution is 2.29. The molecule has 0 radical (unpaired) electrons. The van der Waals surface area contributed by atoms with E-state index in [4.69, 9.17) is 9.47 Å². The van der Waals surface area contributed by atoms with Crippen LogP contribution in [0.5, 0.6) is 5.75 Å². The first-order chi connectivity index (χ1) is 10.6. The Morgan fingerprint density at radius 2 is 2.09 bits per heavy atom. The fraction of sp³-hybridized carbons (Fsp3) is 0.562. The minimum Gasteiger partial charge on any atom is -0.494 e. The fourth-order valence-corrected chi connectivity index (χ4v) is 2.81. The van der Waals surface area contributed by atoms with Gasteiger partial charge < -0.3 is 20.1 Å². The third kappa shape index (κ3) is 3.75. The molecule has 1 heterocycles. The first-order valence-corrected chi connectivity index (χ1v) is 7.42. The van der Waals surface area contributed by atoms with Crippen LogP contribution in [-0.2, 0) is 16.1 Å². The van der Waals surface area contributed by atoms with Crippen molar-refractivity contribution in [3.8, 4) is 5.75 Å². The Bertz CT molecular complexity index is 511. The van der Waals surface area contributed by atoms with Crippen LogP contribution in [0.25, 0.3) is 0 Å². The Morgan fingerprint density at radius 3 is 2.68 bits per heavy atom. The van der Waals surface area contributed by atoms with Crippen molar-refractivity contribution in [2.24, 2.45) is 5.41 Å². The van der Waals surface area contributed by atoms with Gasteiger partial charge in [0.15, 0.2) is 11.6 Å². The number of hydrogen-bond donors (Lipinski definition) is 2. The number of nitrogens with one attached hydrogen (secondary N) is 2. The normalized spacial score (nSPS) is 17.0. The summed E-state index contributed by atoms with van der Waals surface area (Å²) in [7, 11) is 3.03. The molecule has 0 aromatic heterocycles. The van der Waals surface area contributed by atoms with E-state index in [-0.39, 0.29) is 11.7 Å². The third-order valence-corrected chi connectivity index (χ3v) is 4.13. The molecule has 1 fully saturated rings. The maximum atomic E-state index is 13.7. The Balaban J connectivity index is 2.00. The third-order valence-electron chi connectivity index (χ3n) is 4.13. The average Bonchev–Trinajstić information content (AvgIpc) is 2.54. The SMILES string of the molecule is COCC1(C(=O)NCc2ccc(OC)c(F)c2)CCNCC1. The van der Waals surface area contributed by atoms with Crippen molar-refractivity contribution in [1.29, 1.82) is 0 Å². The topological polar surface area (TPSA) is 59.6 Å². The van der Waals surface area contributed by atoms with Crippen LogP contribution in [-0.4, -0.2) is 39.8 Å². The summed E-state index contributed by atoms with van der Waals surface area (Å²) in [6, 6.07) is 4.68. The van der Waals surface area contributed by atoms with E-state index in [1.165, 1.54) is 13.2 Å². The van der Waals surface area contributed by atoms with Crippen molar-refractivity contribution in [2.45, 2.75) is 19.4 Å². The lowest BCUT2D eigenvalue weighted by Crippen LogP contribution is -2.49. The molecule has 2 rings (SSSR count). The van der Waals surface area contributed by atoms with Crippen molar-refractivity contribution in [3.63, 3.8) is 0 Å². The van der Waals surface area contributed by atoms with E-state index >= 15 is 0 Å². The Hall–Kier alpha value is -1.66. The predicted molar refractivity (Wildman–Crippen MR) is 81.2 cm³/mol. The molecular weight excluding hydrogens is 287 g/mol. The van der Waals surface area contributed by atoms with Gasteiger partial charge in [0.1, 0.15) is 0 Å². The maximum Gasteiger partial charge on any atom is 0.228 e. The van der Waals surface area contributed by atoms with Crippen LogP contribution in [0.15, 0.2) is 18.2 Å². The van der Waals surface area contributed by atoms with E-state index < -0.39 is 11.2 Å². The largest absolute Gasteiger partial charge is 0.494 e. The lowest BCUT2D eigenvalue weighted by molar-refractivity contribution is -0.136. The second kappa shape index (κ2) is 7.56. The van der Waals surface area contributed by atoms with Crippen LogP contribution in [0.4, 0.5) is 4.39 Å². The van der Waals surface area contributed by atoms with Crippen LogP contribution in [0.2, 0.25) is 0 Å². The molecule has 1 aromatic rings. The van der Waals surface area contributed by atoms with Gasteiger partial charge in [-0.05, 0) is 43.6 Å². The molecule has 1 amide bonds. The summed E-state index contributed by atoms with van der Waals surface area (Å²) in [4.78, 5) is 12.6. The Morgan fingerprint density at radius 1 is 1.36 bits per heavy atom. The summed E-state index contributed by atoms with van der Waals surface area (Å²) in [6.07, 6.45) is 1.48. The van der Waals surface area contributed by atoms with Gasteiger partial charge in [-0.15, -0.1) is 0 Å². The molecule has 0 atom stereocenters. The van der Waals surface area contributed by atoms with Crippen LogP contribution in [0.3, 0.4) is 0 Å². The van der Waals surface area contributed by atoms with Gasteiger partial charge in [0.25, 0.3) is 0 Å². The van der Waals surface area contributed by atoms with Crippen molar-refractivity contribution in [3.05, 3.63) is 29.6 Å². The Kier molecular flexibility index (Phi) is 5.74. The van der Waals surface area contributed by atoms with Crippen LogP contribution < -0.4 is 15.4 Å². The molecule has 122 valence electrons. The van der Waals surface area contributed by atoms with Crippen molar-refractivity contribution in [2.75, 3.05) is 33.9 Å². The van der Waals surface area contributed by atoms with Crippen LogP contribution >= 0.6 is 0 Å². The van der Waals surface area contributed by atoms with E-state index in [0.29, 0.717) is 18.7 Å². The van der Waals surface area contributed by atoms with E-state index in [2.05, 4.69) is 10.6 Å². The smallest absolute Gasteiger partial charge is 0.228 e. The minimum absolute atomic E-state index is 0.0351. The van der Waals surface area contributed by atoms with Gasteiger partial charge in [-0.25, -0.2) is 4.39 Å². The predicted octanol–water partition coefficient (Wildman–Crippen LogP) is 1.47. The highest BCUT2D eigenvalue weighted by atomic mass is 19.1. The van der Waals surface area contributed by atoms with Gasteiger partial charge in [0.2, 0.25) is 5.91 Å². The number of carbonyl (C=O) groups excluding carboxylic acids is 1. The Labute approximate surface area is 130 Å². The molecule has 1 aliphatic heterocycles. The van der Waals surface area contributed by atoms with Gasteiger partial charge in [0.05, 0.1) is 19.1 Å². The summed E-state index contributed by atoms with van der Waals surface area (Å²) in [6.45, 7) is 2.29. The second-order valence-electron chi connectivity index (χ2n) is 5.61. The van der Waals surface area contributed by atoms with Crippen LogP contribution in [0, 0.1) is 11.2 Å². The maximum absolute atomic E-state index is 13.7. The summed E-state index contributed by atoms with van der Waals surface area (Å²) in [5.41, 5.74) is 0.207. The zero-order valence-corrected chi connectivity index (χ0v) is 13.1. The fourth-order valence-electron chi connectivity index (χ4n) is 2.81. The van der Waals surface area contributed by atoms with Crippen molar-refractivity contribution >= 4 is 5.91 Å². The molecule has 1 saturated heterocycles. The highest BCUT2D eigenvalue weighted by Gasteiger charge is 2.39. The number of methoxy groups -OCH3 is 2. The molecule has 0 bridgehead atoms. The van der Waals surface area contributed by atoms with Crippen molar-refractivity contribution < 1.29 is 18.7 Å². The highest BCUT2D eigenvalue weighted by molar-refractivity contribution is 5.83. The number of halogens is 1. The second-order valence-corrected chi connectivity index (χ2v) is 5.61. The molecule has 1 aliphatic rings. The summed E-state index contributed by atoms with van der Waals surface area (Å²) < 4.78 is 23.8. The number of ether oxygens (including phenoxy) is 2. The van der Waals surface area contributed by atoms with Gasteiger partial charge >= 0.3 is 0 Å². The van der Waals surface area contributed by atoms with Gasteiger partial charge in [0, 0.05) is 13.7 Å². The van der Waals surface area contributed by atoms with E-state index in [0.717, 1.165) is 25.9 Å². The summed E-state index contributed by atoms with van der Waals surface area (Å²) in [5.74, 6) is -0.265. The van der Waals surface area contributed by atoms with Gasteiger partial charge in [-0.2, -0.15) is 0 Å². The zero-order valence-electron chi connectivity index (χ0n) is 13.1. The van der Waals surface area contributed by atoms with E-state index in [9.17, 15) is 9.18 Å². The zero-order chi connectivity index (χ0) is 16.0. The number of rotatable bonds is 6. The standard InChI is InChI=1S/C16H23FN2O3/c1-21-11-16(5-7-18-8-6-16)15(20)19-10-12-3-4-14(22-2)13(17)9-12/h3-4,9,18H,5-8,10-11H2,1-2H3,(H,19,20). The quantitative estimate of drug-likeness (QED) is 0.835. The lowest BCUT2D eigenvalue weighted by Gasteiger charge is -2.35. The van der Waals surface area contributed by atoms with E-state index in [1.54, 1.807) is 19.2 Å². The molecule has 5 nitrogen and oxygen atoms in total. The molecule has 0 spiro atoms. The van der Waals surface area contributed by atoms with Crippen molar-refractivity contribution in [1.82, 2.24) is 10.6 Å². The van der Waals surface area contributed by atoms with E-state index in [1.807, 2.05) is 0 Å². The summed E-state index contributed by atoms with van der Waals surface area (Å²) in [5, 5.41) is 6.15. The molecule has 6 heteroatoms. The minimum atomic E-state index is -0.495. The lowest BCUT2D eigenvalue weighted by atomic mass is 9.78.